The summed E-state index contributed by atoms with van der Waals surface area (Å²) >= 11 is 1.54. The quantitative estimate of drug-likeness (QED) is 0.556. The van der Waals surface area contributed by atoms with Crippen LogP contribution < -0.4 is 5.32 Å². The maximum absolute atomic E-state index is 12.8. The van der Waals surface area contributed by atoms with Gasteiger partial charge in [-0.3, -0.25) is 4.79 Å². The highest BCUT2D eigenvalue weighted by atomic mass is 32.2. The van der Waals surface area contributed by atoms with E-state index < -0.39 is 15.7 Å². The summed E-state index contributed by atoms with van der Waals surface area (Å²) in [5.74, 6) is -0.729. The predicted octanol–water partition coefficient (Wildman–Crippen LogP) is 4.15. The van der Waals surface area contributed by atoms with Crippen molar-refractivity contribution in [3.05, 3.63) is 58.8 Å². The number of para-hydroxylation sites is 1. The van der Waals surface area contributed by atoms with Gasteiger partial charge in [0.05, 0.1) is 21.0 Å². The number of aromatic nitrogens is 1. The van der Waals surface area contributed by atoms with Crippen LogP contribution in [0.2, 0.25) is 0 Å². The Morgan fingerprint density at radius 3 is 2.78 bits per heavy atom. The fraction of sp³-hybridized carbons (Fsp3) is 0.158. The Balaban J connectivity index is 1.73. The second kappa shape index (κ2) is 6.47. The van der Waals surface area contributed by atoms with Crippen LogP contribution in [0.5, 0.6) is 0 Å². The molecule has 0 saturated heterocycles. The van der Waals surface area contributed by atoms with Crippen LogP contribution >= 0.6 is 11.3 Å². The van der Waals surface area contributed by atoms with E-state index in [1.807, 2.05) is 19.1 Å². The molecule has 1 N–H and O–H groups in total. The number of carbonyl (C=O) groups is 1. The van der Waals surface area contributed by atoms with Crippen molar-refractivity contribution in [1.82, 2.24) is 4.98 Å². The first kappa shape index (κ1) is 17.7. The highest BCUT2D eigenvalue weighted by Gasteiger charge is 2.23. The van der Waals surface area contributed by atoms with Crippen molar-refractivity contribution >= 4 is 54.0 Å². The van der Waals surface area contributed by atoms with Gasteiger partial charge in [-0.25, -0.2) is 13.4 Å². The Morgan fingerprint density at radius 1 is 1.22 bits per heavy atom. The van der Waals surface area contributed by atoms with Crippen molar-refractivity contribution < 1.29 is 17.6 Å². The Labute approximate surface area is 159 Å². The monoisotopic (exact) mass is 400 g/mol. The number of aryl methyl sites for hydroxylation is 1. The average Bonchev–Trinajstić information content (AvgIpc) is 3.13. The van der Waals surface area contributed by atoms with Crippen LogP contribution in [0.25, 0.3) is 21.2 Å². The van der Waals surface area contributed by atoms with E-state index in [4.69, 9.17) is 4.42 Å². The molecule has 2 aromatic heterocycles. The van der Waals surface area contributed by atoms with Crippen molar-refractivity contribution in [2.45, 2.75) is 12.7 Å². The lowest BCUT2D eigenvalue weighted by molar-refractivity contribution is 0.0998. The molecule has 0 fully saturated rings. The third-order valence-corrected chi connectivity index (χ3v) is 5.81. The summed E-state index contributed by atoms with van der Waals surface area (Å²) < 4.78 is 30.3. The molecule has 0 aliphatic carbocycles. The van der Waals surface area contributed by atoms with Gasteiger partial charge in [-0.05, 0) is 31.2 Å². The molecular weight excluding hydrogens is 384 g/mol. The van der Waals surface area contributed by atoms with E-state index in [9.17, 15) is 13.2 Å². The first-order valence-electron chi connectivity index (χ1n) is 8.17. The molecular formula is C19H16N2O4S2. The number of fused-ring (bicyclic) bond motifs is 2. The SMILES string of the molecule is Cc1nc2ccc(NC(=O)c3oc4ccccc4c3CS(C)(=O)=O)cc2s1. The third kappa shape index (κ3) is 3.58. The van der Waals surface area contributed by atoms with Gasteiger partial charge >= 0.3 is 0 Å². The molecule has 0 saturated carbocycles. The van der Waals surface area contributed by atoms with Gasteiger partial charge in [-0.15, -0.1) is 11.3 Å². The van der Waals surface area contributed by atoms with Gasteiger partial charge in [0.1, 0.15) is 5.58 Å². The molecule has 138 valence electrons. The highest BCUT2D eigenvalue weighted by Crippen LogP contribution is 2.29. The van der Waals surface area contributed by atoms with Gasteiger partial charge in [0.2, 0.25) is 0 Å². The number of anilines is 1. The van der Waals surface area contributed by atoms with E-state index in [0.29, 0.717) is 22.2 Å². The van der Waals surface area contributed by atoms with Gasteiger partial charge in [0.25, 0.3) is 5.91 Å². The molecule has 2 heterocycles. The second-order valence-electron chi connectivity index (χ2n) is 6.35. The number of thiazole rings is 1. The molecule has 0 radical (unpaired) electrons. The van der Waals surface area contributed by atoms with Crippen LogP contribution in [0.15, 0.2) is 46.9 Å². The third-order valence-electron chi connectivity index (χ3n) is 4.06. The van der Waals surface area contributed by atoms with Crippen LogP contribution in [-0.2, 0) is 15.6 Å². The van der Waals surface area contributed by atoms with Gasteiger partial charge < -0.3 is 9.73 Å². The van der Waals surface area contributed by atoms with E-state index in [-0.39, 0.29) is 11.5 Å². The number of hydrogen-bond donors (Lipinski definition) is 1. The van der Waals surface area contributed by atoms with Crippen LogP contribution in [-0.4, -0.2) is 25.6 Å². The lowest BCUT2D eigenvalue weighted by Gasteiger charge is -2.05. The van der Waals surface area contributed by atoms with E-state index in [1.165, 1.54) is 11.3 Å². The number of carbonyl (C=O) groups excluding carboxylic acids is 1. The fourth-order valence-corrected chi connectivity index (χ4v) is 4.67. The van der Waals surface area contributed by atoms with Gasteiger partial charge in [0, 0.05) is 22.9 Å². The van der Waals surface area contributed by atoms with Crippen LogP contribution in [0.3, 0.4) is 0 Å². The van der Waals surface area contributed by atoms with E-state index in [0.717, 1.165) is 21.5 Å². The summed E-state index contributed by atoms with van der Waals surface area (Å²) in [6.45, 7) is 1.93. The number of benzene rings is 2. The summed E-state index contributed by atoms with van der Waals surface area (Å²) in [6.07, 6.45) is 1.14. The minimum absolute atomic E-state index is 0.0159. The van der Waals surface area contributed by atoms with Crippen molar-refractivity contribution in [3.63, 3.8) is 0 Å². The number of sulfone groups is 1. The number of furan rings is 1. The van der Waals surface area contributed by atoms with Crippen molar-refractivity contribution in [2.75, 3.05) is 11.6 Å². The van der Waals surface area contributed by atoms with Crippen LogP contribution in [0.4, 0.5) is 5.69 Å². The van der Waals surface area contributed by atoms with Gasteiger partial charge in [-0.1, -0.05) is 18.2 Å². The maximum Gasteiger partial charge on any atom is 0.291 e. The Morgan fingerprint density at radius 2 is 2.00 bits per heavy atom. The first-order chi connectivity index (χ1) is 12.8. The predicted molar refractivity (Wildman–Crippen MR) is 107 cm³/mol. The van der Waals surface area contributed by atoms with Crippen molar-refractivity contribution in [3.8, 4) is 0 Å². The first-order valence-corrected chi connectivity index (χ1v) is 11.0. The summed E-state index contributed by atoms with van der Waals surface area (Å²) in [7, 11) is -3.34. The molecule has 4 rings (SSSR count). The average molecular weight is 400 g/mol. The summed E-state index contributed by atoms with van der Waals surface area (Å²) in [4.78, 5) is 17.2. The number of rotatable bonds is 4. The molecule has 1 amide bonds. The summed E-state index contributed by atoms with van der Waals surface area (Å²) in [5.41, 5.74) is 2.33. The molecule has 0 aliphatic heterocycles. The van der Waals surface area contributed by atoms with E-state index in [2.05, 4.69) is 10.3 Å². The normalized spacial score (nSPS) is 11.9. The molecule has 6 nitrogen and oxygen atoms in total. The van der Waals surface area contributed by atoms with Crippen LogP contribution in [0.1, 0.15) is 21.1 Å². The highest BCUT2D eigenvalue weighted by molar-refractivity contribution is 7.89. The minimum Gasteiger partial charge on any atom is -0.451 e. The Kier molecular flexibility index (Phi) is 4.24. The molecule has 8 heteroatoms. The molecule has 0 bridgehead atoms. The van der Waals surface area contributed by atoms with Gasteiger partial charge in [0.15, 0.2) is 15.6 Å². The molecule has 0 unspecified atom stereocenters. The summed E-state index contributed by atoms with van der Waals surface area (Å²) in [5, 5.41) is 4.37. The zero-order valence-corrected chi connectivity index (χ0v) is 16.3. The largest absolute Gasteiger partial charge is 0.451 e. The van der Waals surface area contributed by atoms with E-state index in [1.54, 1.807) is 30.3 Å². The van der Waals surface area contributed by atoms with E-state index >= 15 is 0 Å². The van der Waals surface area contributed by atoms with Crippen molar-refractivity contribution in [2.24, 2.45) is 0 Å². The molecule has 0 atom stereocenters. The number of amides is 1. The molecule has 4 aromatic rings. The standard InChI is InChI=1S/C19H16N2O4S2/c1-11-20-15-8-7-12(9-17(15)26-11)21-19(22)18-14(10-27(2,23)24)13-5-3-4-6-16(13)25-18/h3-9H,10H2,1-2H3,(H,21,22). The smallest absolute Gasteiger partial charge is 0.291 e. The zero-order chi connectivity index (χ0) is 19.2. The maximum atomic E-state index is 12.8. The van der Waals surface area contributed by atoms with Crippen LogP contribution in [0, 0.1) is 6.92 Å². The second-order valence-corrected chi connectivity index (χ2v) is 9.72. The lowest BCUT2D eigenvalue weighted by Crippen LogP contribution is -2.14. The number of hydrogen-bond acceptors (Lipinski definition) is 6. The zero-order valence-electron chi connectivity index (χ0n) is 14.6. The molecule has 27 heavy (non-hydrogen) atoms. The minimum atomic E-state index is -3.34. The Bertz CT molecular complexity index is 1290. The topological polar surface area (TPSA) is 89.3 Å². The number of nitrogens with one attached hydrogen (secondary N) is 1. The van der Waals surface area contributed by atoms with Gasteiger partial charge in [-0.2, -0.15) is 0 Å². The molecule has 2 aromatic carbocycles. The summed E-state index contributed by atoms with van der Waals surface area (Å²) in [6, 6.07) is 12.5. The fourth-order valence-electron chi connectivity index (χ4n) is 2.99. The lowest BCUT2D eigenvalue weighted by atomic mass is 10.1. The molecule has 0 aliphatic rings. The molecule has 0 spiro atoms. The Hall–Kier alpha value is -2.71. The van der Waals surface area contributed by atoms with Crippen molar-refractivity contribution in [1.29, 1.82) is 0 Å². The number of nitrogens with zero attached hydrogens (tertiary/aromatic N) is 1.